The summed E-state index contributed by atoms with van der Waals surface area (Å²) in [5, 5.41) is 27.2. The summed E-state index contributed by atoms with van der Waals surface area (Å²) in [5.41, 5.74) is 3.71. The molecule has 3 aliphatic heterocycles. The zero-order valence-electron chi connectivity index (χ0n) is 36.4. The van der Waals surface area contributed by atoms with Crippen molar-refractivity contribution in [2.45, 2.75) is 83.2 Å². The van der Waals surface area contributed by atoms with Crippen LogP contribution in [0.15, 0.2) is 48.7 Å². The van der Waals surface area contributed by atoms with E-state index >= 15 is 0 Å². The summed E-state index contributed by atoms with van der Waals surface area (Å²) in [6.07, 6.45) is 11.1. The van der Waals surface area contributed by atoms with Gasteiger partial charge in [0, 0.05) is 93.3 Å². The van der Waals surface area contributed by atoms with Crippen LogP contribution < -0.4 is 20.4 Å². The molecule has 1 atom stereocenters. The summed E-state index contributed by atoms with van der Waals surface area (Å²) in [6.45, 7) is 7.53. The minimum Gasteiger partial charge on any atom is -0.503 e. The van der Waals surface area contributed by atoms with Gasteiger partial charge in [-0.1, -0.05) is 6.07 Å². The van der Waals surface area contributed by atoms with Crippen LogP contribution >= 0.6 is 0 Å². The number of carbonyl (C=O) groups excluding carboxylic acids is 4. The molecule has 4 aromatic rings. The number of phenols is 1. The van der Waals surface area contributed by atoms with Crippen LogP contribution in [0, 0.1) is 35.7 Å². The van der Waals surface area contributed by atoms with Gasteiger partial charge in [0.1, 0.15) is 0 Å². The Morgan fingerprint density at radius 1 is 0.892 bits per heavy atom. The molecular weight excluding hydrogens is 846 g/mol. The summed E-state index contributed by atoms with van der Waals surface area (Å²) >= 11 is 0. The number of rotatable bonds is 8. The van der Waals surface area contributed by atoms with Crippen molar-refractivity contribution >= 4 is 52.5 Å². The molecule has 346 valence electrons. The van der Waals surface area contributed by atoms with Gasteiger partial charge in [0.15, 0.2) is 17.4 Å². The van der Waals surface area contributed by atoms with Gasteiger partial charge in [0.25, 0.3) is 18.3 Å². The molecule has 5 aliphatic rings. The van der Waals surface area contributed by atoms with Crippen LogP contribution in [0.3, 0.4) is 0 Å². The van der Waals surface area contributed by atoms with E-state index in [4.69, 9.17) is 15.0 Å². The quantitative estimate of drug-likeness (QED) is 0.115. The number of imide groups is 1. The fraction of sp³-hybridized carbons (Fsp3) is 0.489. The van der Waals surface area contributed by atoms with E-state index in [1.54, 1.807) is 11.0 Å². The van der Waals surface area contributed by atoms with Crippen molar-refractivity contribution in [2.75, 3.05) is 62.2 Å². The second kappa shape index (κ2) is 19.1. The van der Waals surface area contributed by atoms with Crippen LogP contribution in [-0.2, 0) is 9.59 Å². The lowest BCUT2D eigenvalue weighted by Crippen LogP contribution is -2.50. The predicted octanol–water partition coefficient (Wildman–Crippen LogP) is 6.37. The number of hydrogen-bond acceptors (Lipinski definition) is 9. The van der Waals surface area contributed by atoms with E-state index in [0.29, 0.717) is 29.9 Å². The minimum atomic E-state index is -1.78. The van der Waals surface area contributed by atoms with Gasteiger partial charge in [-0.15, -0.1) is 0 Å². The van der Waals surface area contributed by atoms with Crippen LogP contribution in [-0.4, -0.2) is 118 Å². The highest BCUT2D eigenvalue weighted by atomic mass is 19.2. The van der Waals surface area contributed by atoms with E-state index in [1.165, 1.54) is 18.5 Å². The van der Waals surface area contributed by atoms with Gasteiger partial charge in [-0.2, -0.15) is 9.49 Å². The minimum absolute atomic E-state index is 0.0113. The first kappa shape index (κ1) is 45.4. The third kappa shape index (κ3) is 9.63. The average molecular weight is 901 g/mol. The van der Waals surface area contributed by atoms with E-state index in [2.05, 4.69) is 49.5 Å². The smallest absolute Gasteiger partial charge is 0.328 e. The summed E-state index contributed by atoms with van der Waals surface area (Å²) in [4.78, 5) is 67.4. The molecule has 2 aliphatic carbocycles. The Morgan fingerprint density at radius 2 is 1.62 bits per heavy atom. The zero-order chi connectivity index (χ0) is 46.0. The number of aromatic nitrogens is 2. The van der Waals surface area contributed by atoms with Crippen molar-refractivity contribution in [3.05, 3.63) is 82.8 Å². The number of hydrogen-bond donors (Lipinski definition) is 4. The molecule has 65 heavy (non-hydrogen) atoms. The highest BCUT2D eigenvalue weighted by molar-refractivity contribution is 6.06. The Balaban J connectivity index is 0.00000187. The maximum Gasteiger partial charge on any atom is 0.328 e. The highest BCUT2D eigenvalue weighted by Crippen LogP contribution is 2.48. The van der Waals surface area contributed by atoms with E-state index in [9.17, 15) is 37.5 Å². The second-order valence-corrected chi connectivity index (χ2v) is 18.2. The molecule has 4 N–H and O–H groups in total. The number of nitrogens with zero attached hydrogens (tertiary/aromatic N) is 6. The number of nitrogens with one attached hydrogen (secondary N) is 2. The summed E-state index contributed by atoms with van der Waals surface area (Å²) < 4.78 is 43.7. The zero-order valence-corrected chi connectivity index (χ0v) is 36.4. The number of carboxylic acid groups (broad SMARTS) is 1. The van der Waals surface area contributed by atoms with Crippen LogP contribution in [0.2, 0.25) is 0 Å². The normalized spacial score (nSPS) is 22.4. The summed E-state index contributed by atoms with van der Waals surface area (Å²) in [5.74, 6) is -7.26. The molecule has 1 aromatic heterocycles. The second-order valence-electron chi connectivity index (χ2n) is 18.2. The number of phenolic OH excluding ortho intramolecular Hbond substituents is 1. The molecule has 3 saturated heterocycles. The first-order chi connectivity index (χ1) is 31.3. The molecule has 3 aromatic carbocycles. The highest BCUT2D eigenvalue weighted by Gasteiger charge is 2.44. The Labute approximate surface area is 374 Å². The third-order valence-corrected chi connectivity index (χ3v) is 14.4. The third-order valence-electron chi connectivity index (χ3n) is 14.4. The van der Waals surface area contributed by atoms with Gasteiger partial charge in [-0.25, -0.2) is 13.6 Å². The van der Waals surface area contributed by atoms with Crippen molar-refractivity contribution in [3.8, 4) is 5.75 Å². The van der Waals surface area contributed by atoms with E-state index < -0.39 is 40.7 Å². The van der Waals surface area contributed by atoms with Crippen molar-refractivity contribution in [1.82, 2.24) is 30.2 Å². The van der Waals surface area contributed by atoms with Crippen molar-refractivity contribution in [1.29, 1.82) is 0 Å². The molecule has 1 spiro atoms. The Hall–Kier alpha value is -6.17. The average Bonchev–Trinajstić information content (AvgIpc) is 3.94. The van der Waals surface area contributed by atoms with Gasteiger partial charge in [-0.3, -0.25) is 39.0 Å². The van der Waals surface area contributed by atoms with E-state index in [1.807, 2.05) is 24.0 Å². The fourth-order valence-electron chi connectivity index (χ4n) is 10.6. The lowest BCUT2D eigenvalue weighted by atomic mass is 9.76. The first-order valence-corrected chi connectivity index (χ1v) is 22.5. The van der Waals surface area contributed by atoms with Crippen molar-refractivity contribution < 1.29 is 47.4 Å². The maximum absolute atomic E-state index is 14.2. The van der Waals surface area contributed by atoms with Gasteiger partial charge in [0.05, 0.1) is 17.1 Å². The molecule has 1 unspecified atom stereocenters. The molecule has 9 rings (SSSR count). The number of benzene rings is 3. The number of piperazine rings is 1. The fourth-order valence-corrected chi connectivity index (χ4v) is 10.6. The molecular formula is C47H55F3N8O7. The van der Waals surface area contributed by atoms with Crippen molar-refractivity contribution in [3.63, 3.8) is 0 Å². The molecule has 5 amide bonds. The molecule has 0 bridgehead atoms. The number of carbonyl (C=O) groups is 5. The van der Waals surface area contributed by atoms with Gasteiger partial charge in [0.2, 0.25) is 11.7 Å². The molecule has 0 radical (unpaired) electrons. The van der Waals surface area contributed by atoms with E-state index in [0.717, 1.165) is 101 Å². The van der Waals surface area contributed by atoms with Crippen LogP contribution in [0.1, 0.15) is 96.5 Å². The number of amides is 5. The molecule has 5 fully saturated rings. The monoisotopic (exact) mass is 900 g/mol. The number of aryl methyl sites for hydroxylation is 1. The lowest BCUT2D eigenvalue weighted by molar-refractivity contribution is -0.123. The summed E-state index contributed by atoms with van der Waals surface area (Å²) in [6, 6.07) is 12.8. The first-order valence-electron chi connectivity index (χ1n) is 22.5. The largest absolute Gasteiger partial charge is 0.503 e. The number of halogens is 3. The Bertz CT molecular complexity index is 2460. The molecule has 18 heteroatoms. The Morgan fingerprint density at radius 3 is 2.32 bits per heavy atom. The molecule has 4 heterocycles. The molecule has 2 saturated carbocycles. The van der Waals surface area contributed by atoms with Crippen LogP contribution in [0.4, 0.5) is 29.3 Å². The topological polar surface area (TPSA) is 181 Å². The molecule has 15 nitrogen and oxygen atoms in total. The number of fused-ring (bicyclic) bond motifs is 1. The van der Waals surface area contributed by atoms with Gasteiger partial charge in [-0.05, 0) is 118 Å². The van der Waals surface area contributed by atoms with Crippen molar-refractivity contribution in [2.24, 2.45) is 11.3 Å². The number of likely N-dealkylation sites (tertiary alicyclic amines) is 1. The van der Waals surface area contributed by atoms with E-state index in [-0.39, 0.29) is 48.6 Å². The maximum atomic E-state index is 14.2. The van der Waals surface area contributed by atoms with Gasteiger partial charge >= 0.3 is 6.03 Å². The lowest BCUT2D eigenvalue weighted by Gasteiger charge is -2.42. The Kier molecular flexibility index (Phi) is 13.4. The summed E-state index contributed by atoms with van der Waals surface area (Å²) in [7, 11) is 0. The number of piperidine rings is 1. The van der Waals surface area contributed by atoms with Gasteiger partial charge < -0.3 is 25.3 Å². The standard InChI is InChI=1S/C46H53F3N8O5.CH2O2/c1-28-2-5-30(22-38(28)56-15-11-39(58)51-45(56)62)44(61)55-16-13-46(14-17-55)12-10-34(25-46)54-20-18-53(19-21-54)33-9-6-31-27-57(52-37(31)23-33)32-7-3-29(4-8-32)26-50-43(60)35-24-36(47)42(59)41(49)40(35)48;2-1-3/h2,5-6,9,22-24,27,29,32,34,59H,3-4,7-8,10-21,25-26H2,1H3,(H,50,60)(H,51,58,62);1H,(H,2,3). The van der Waals surface area contributed by atoms with Crippen LogP contribution in [0.5, 0.6) is 5.75 Å². The number of aromatic hydroxyl groups is 1. The number of urea groups is 1. The SMILES string of the molecule is Cc1ccc(C(=O)N2CCC3(CCC(N4CCN(c5ccc6cn(C7CCC(CNC(=O)c8cc(F)c(O)c(F)c8F)CC7)nc6c5)CC4)C3)CC2)cc1N1CCC(=O)NC1=O.O=CO. The predicted molar refractivity (Wildman–Crippen MR) is 235 cm³/mol. The number of anilines is 2. The van der Waals surface area contributed by atoms with Crippen LogP contribution in [0.25, 0.3) is 10.9 Å².